The number of unbranched alkanes of at least 4 members (excludes halogenated alkanes) is 3. The molecule has 0 radical (unpaired) electrons. The maximum absolute atomic E-state index is 11.5. The summed E-state index contributed by atoms with van der Waals surface area (Å²) in [5.74, 6) is 1.61. The average Bonchev–Trinajstić information content (AvgIpc) is 3.10. The van der Waals surface area contributed by atoms with Gasteiger partial charge in [0, 0.05) is 12.1 Å². The minimum absolute atomic E-state index is 0.0299. The van der Waals surface area contributed by atoms with Gasteiger partial charge in [0.25, 0.3) is 0 Å². The predicted octanol–water partition coefficient (Wildman–Crippen LogP) is 5.02. The van der Waals surface area contributed by atoms with Crippen LogP contribution in [0.1, 0.15) is 51.5 Å². The molecule has 1 aromatic rings. The lowest BCUT2D eigenvalue weighted by Gasteiger charge is -2.07. The zero-order valence-corrected chi connectivity index (χ0v) is 15.7. The van der Waals surface area contributed by atoms with Gasteiger partial charge in [-0.1, -0.05) is 43.4 Å². The van der Waals surface area contributed by atoms with E-state index in [-0.39, 0.29) is 11.9 Å². The topological polar surface area (TPSA) is 47.6 Å². The zero-order valence-electron chi connectivity index (χ0n) is 15.7. The Kier molecular flexibility index (Phi) is 8.53. The molecular formula is C22H29NO3. The van der Waals surface area contributed by atoms with Crippen LogP contribution in [0.2, 0.25) is 0 Å². The summed E-state index contributed by atoms with van der Waals surface area (Å²) in [5.41, 5.74) is 1.13. The van der Waals surface area contributed by atoms with E-state index in [4.69, 9.17) is 9.47 Å². The van der Waals surface area contributed by atoms with Crippen molar-refractivity contribution in [3.8, 4) is 11.5 Å². The summed E-state index contributed by atoms with van der Waals surface area (Å²) in [6.45, 7) is 4.37. The molecule has 1 aliphatic heterocycles. The summed E-state index contributed by atoms with van der Waals surface area (Å²) in [6, 6.07) is 6.22. The average molecular weight is 355 g/mol. The Morgan fingerprint density at radius 1 is 1.15 bits per heavy atom. The van der Waals surface area contributed by atoms with E-state index < -0.39 is 0 Å². The monoisotopic (exact) mass is 355 g/mol. The number of carbonyl (C=O) groups excluding carboxylic acids is 1. The third-order valence-corrected chi connectivity index (χ3v) is 4.19. The van der Waals surface area contributed by atoms with Gasteiger partial charge < -0.3 is 14.8 Å². The van der Waals surface area contributed by atoms with E-state index in [2.05, 4.69) is 30.5 Å². The van der Waals surface area contributed by atoms with Crippen molar-refractivity contribution in [2.75, 3.05) is 6.79 Å². The lowest BCUT2D eigenvalue weighted by atomic mass is 10.1. The summed E-state index contributed by atoms with van der Waals surface area (Å²) in [6.07, 6.45) is 17.0. The molecule has 1 aliphatic rings. The van der Waals surface area contributed by atoms with Gasteiger partial charge in [-0.25, -0.2) is 0 Å². The van der Waals surface area contributed by atoms with E-state index in [1.165, 1.54) is 0 Å². The van der Waals surface area contributed by atoms with Crippen LogP contribution < -0.4 is 14.8 Å². The van der Waals surface area contributed by atoms with Gasteiger partial charge >= 0.3 is 0 Å². The van der Waals surface area contributed by atoms with Crippen LogP contribution >= 0.6 is 0 Å². The van der Waals surface area contributed by atoms with Crippen LogP contribution in [0, 0.1) is 0 Å². The van der Waals surface area contributed by atoms with Gasteiger partial charge in [0.05, 0.1) is 0 Å². The Labute approximate surface area is 156 Å². The second kappa shape index (κ2) is 11.2. The lowest BCUT2D eigenvalue weighted by Crippen LogP contribution is -2.30. The van der Waals surface area contributed by atoms with Crippen LogP contribution in [0.25, 0.3) is 6.08 Å². The quantitative estimate of drug-likeness (QED) is 0.364. The number of nitrogens with one attached hydrogen (secondary N) is 1. The number of hydrogen-bond acceptors (Lipinski definition) is 3. The predicted molar refractivity (Wildman–Crippen MR) is 106 cm³/mol. The normalized spacial score (nSPS) is 14.5. The molecule has 0 saturated heterocycles. The van der Waals surface area contributed by atoms with E-state index in [1.54, 1.807) is 12.2 Å². The first kappa shape index (κ1) is 19.8. The molecule has 1 amide bonds. The third kappa shape index (κ3) is 7.18. The van der Waals surface area contributed by atoms with E-state index in [0.717, 1.165) is 49.2 Å². The Hall–Kier alpha value is -2.49. The fourth-order valence-electron chi connectivity index (χ4n) is 2.47. The number of rotatable bonds is 10. The smallest absolute Gasteiger partial charge is 0.244 e. The first-order valence-corrected chi connectivity index (χ1v) is 9.39. The van der Waals surface area contributed by atoms with Gasteiger partial charge in [-0.2, -0.15) is 0 Å². The van der Waals surface area contributed by atoms with Crippen molar-refractivity contribution >= 4 is 12.0 Å². The van der Waals surface area contributed by atoms with Crippen LogP contribution in [-0.4, -0.2) is 18.7 Å². The number of hydrogen-bond donors (Lipinski definition) is 1. The molecule has 26 heavy (non-hydrogen) atoms. The minimum Gasteiger partial charge on any atom is -0.454 e. The van der Waals surface area contributed by atoms with E-state index in [1.807, 2.05) is 31.2 Å². The molecule has 1 aromatic carbocycles. The van der Waals surface area contributed by atoms with Crippen molar-refractivity contribution in [2.45, 2.75) is 52.0 Å². The highest BCUT2D eigenvalue weighted by Gasteiger charge is 2.11. The van der Waals surface area contributed by atoms with Gasteiger partial charge in [0.15, 0.2) is 11.5 Å². The highest BCUT2D eigenvalue weighted by molar-refractivity contribution is 5.87. The molecule has 4 heteroatoms. The fourth-order valence-corrected chi connectivity index (χ4v) is 2.47. The molecule has 0 spiro atoms. The molecule has 1 N–H and O–H groups in total. The SMILES string of the molecule is CCC(C)NC(=O)C=CC=CCCCCC=Cc1ccc2c(c1)OCO2. The fraction of sp³-hybridized carbons (Fsp3) is 0.409. The molecule has 0 aromatic heterocycles. The van der Waals surface area contributed by atoms with Crippen molar-refractivity contribution in [1.29, 1.82) is 0 Å². The molecule has 1 heterocycles. The first-order chi connectivity index (χ1) is 12.7. The number of benzene rings is 1. The third-order valence-electron chi connectivity index (χ3n) is 4.19. The van der Waals surface area contributed by atoms with Crippen molar-refractivity contribution in [3.63, 3.8) is 0 Å². The summed E-state index contributed by atoms with van der Waals surface area (Å²) in [5, 5.41) is 2.90. The summed E-state index contributed by atoms with van der Waals surface area (Å²) in [4.78, 5) is 11.5. The van der Waals surface area contributed by atoms with Crippen LogP contribution in [0.4, 0.5) is 0 Å². The molecule has 0 bridgehead atoms. The van der Waals surface area contributed by atoms with E-state index in [9.17, 15) is 4.79 Å². The maximum Gasteiger partial charge on any atom is 0.244 e. The molecule has 1 atom stereocenters. The standard InChI is InChI=1S/C22H29NO3/c1-3-18(2)23-22(24)13-11-9-7-5-4-6-8-10-12-19-14-15-20-21(16-19)26-17-25-20/h7,9-16,18H,3-6,8,17H2,1-2H3,(H,23,24). The Morgan fingerprint density at radius 3 is 2.73 bits per heavy atom. The Balaban J connectivity index is 1.55. The minimum atomic E-state index is -0.0299. The van der Waals surface area contributed by atoms with Gasteiger partial charge in [-0.3, -0.25) is 4.79 Å². The molecule has 1 unspecified atom stereocenters. The van der Waals surface area contributed by atoms with Crippen LogP contribution in [0.3, 0.4) is 0 Å². The van der Waals surface area contributed by atoms with Gasteiger partial charge in [-0.15, -0.1) is 0 Å². The first-order valence-electron chi connectivity index (χ1n) is 9.39. The Morgan fingerprint density at radius 2 is 1.92 bits per heavy atom. The van der Waals surface area contributed by atoms with Crippen molar-refractivity contribution in [3.05, 3.63) is 54.1 Å². The van der Waals surface area contributed by atoms with E-state index in [0.29, 0.717) is 6.79 Å². The number of allylic oxidation sites excluding steroid dienone is 4. The molecule has 4 nitrogen and oxygen atoms in total. The number of ether oxygens (including phenoxy) is 2. The molecular weight excluding hydrogens is 326 g/mol. The Bertz CT molecular complexity index is 661. The number of fused-ring (bicyclic) bond motifs is 1. The van der Waals surface area contributed by atoms with Crippen molar-refractivity contribution < 1.29 is 14.3 Å². The van der Waals surface area contributed by atoms with E-state index >= 15 is 0 Å². The highest BCUT2D eigenvalue weighted by Crippen LogP contribution is 2.32. The molecule has 140 valence electrons. The van der Waals surface area contributed by atoms with Crippen molar-refractivity contribution in [2.24, 2.45) is 0 Å². The summed E-state index contributed by atoms with van der Waals surface area (Å²) < 4.78 is 10.7. The number of amides is 1. The zero-order chi connectivity index (χ0) is 18.6. The largest absolute Gasteiger partial charge is 0.454 e. The summed E-state index contributed by atoms with van der Waals surface area (Å²) in [7, 11) is 0. The second-order valence-corrected chi connectivity index (χ2v) is 6.40. The van der Waals surface area contributed by atoms with Crippen molar-refractivity contribution in [1.82, 2.24) is 5.32 Å². The highest BCUT2D eigenvalue weighted by atomic mass is 16.7. The molecule has 0 aliphatic carbocycles. The van der Waals surface area contributed by atoms with Crippen LogP contribution in [0.5, 0.6) is 11.5 Å². The van der Waals surface area contributed by atoms with Crippen LogP contribution in [-0.2, 0) is 4.79 Å². The molecule has 0 saturated carbocycles. The molecule has 2 rings (SSSR count). The number of carbonyl (C=O) groups is 1. The van der Waals surface area contributed by atoms with Crippen LogP contribution in [0.15, 0.2) is 48.6 Å². The lowest BCUT2D eigenvalue weighted by molar-refractivity contribution is -0.117. The van der Waals surface area contributed by atoms with Gasteiger partial charge in [-0.05, 0) is 56.7 Å². The molecule has 0 fully saturated rings. The summed E-state index contributed by atoms with van der Waals surface area (Å²) >= 11 is 0. The second-order valence-electron chi connectivity index (χ2n) is 6.40. The maximum atomic E-state index is 11.5. The van der Waals surface area contributed by atoms with Gasteiger partial charge in [0.2, 0.25) is 12.7 Å². The van der Waals surface area contributed by atoms with Gasteiger partial charge in [0.1, 0.15) is 0 Å².